The summed E-state index contributed by atoms with van der Waals surface area (Å²) >= 11 is 0. The normalized spacial score (nSPS) is 22.6. The van der Waals surface area contributed by atoms with Gasteiger partial charge >= 0.3 is 0 Å². The van der Waals surface area contributed by atoms with Gasteiger partial charge in [0.15, 0.2) is 0 Å². The van der Waals surface area contributed by atoms with Gasteiger partial charge < -0.3 is 14.6 Å². The lowest BCUT2D eigenvalue weighted by Crippen LogP contribution is -2.29. The largest absolute Gasteiger partial charge is 0.370 e. The Balaban J connectivity index is 1.63. The van der Waals surface area contributed by atoms with E-state index in [2.05, 4.69) is 15.5 Å². The molecule has 2 fully saturated rings. The Morgan fingerprint density at radius 1 is 1.25 bits per heavy atom. The van der Waals surface area contributed by atoms with Crippen LogP contribution in [-0.4, -0.2) is 23.8 Å². The molecule has 0 saturated heterocycles. The van der Waals surface area contributed by atoms with Crippen LogP contribution in [0.25, 0.3) is 0 Å². The van der Waals surface area contributed by atoms with Gasteiger partial charge in [-0.1, -0.05) is 30.8 Å². The van der Waals surface area contributed by atoms with Gasteiger partial charge in [0.25, 0.3) is 0 Å². The zero-order valence-electron chi connectivity index (χ0n) is 12.4. The van der Waals surface area contributed by atoms with Crippen LogP contribution in [0.2, 0.25) is 0 Å². The molecule has 0 atom stereocenters. The molecule has 0 radical (unpaired) electrons. The number of methoxy groups -OCH3 is 1. The Bertz CT molecular complexity index is 421. The summed E-state index contributed by atoms with van der Waals surface area (Å²) in [6.45, 7) is 1.73. The summed E-state index contributed by atoms with van der Waals surface area (Å²) in [5.41, 5.74) is -0.325. The molecule has 112 valence electrons. The number of rotatable bonds is 6. The topological polar surface area (TPSA) is 60.2 Å². The average molecular weight is 279 g/mol. The molecule has 0 bridgehead atoms. The lowest BCUT2D eigenvalue weighted by Gasteiger charge is -2.27. The standard InChI is InChI=1S/C15H25N3O2/c1-19-15(8-4-2-3-5-9-15)14-17-13(20-18-14)11-16-10-12-6-7-12/h12,16H,2-11H2,1H3. The first kappa shape index (κ1) is 14.0. The number of nitrogens with one attached hydrogen (secondary N) is 1. The Kier molecular flexibility index (Phi) is 4.36. The van der Waals surface area contributed by atoms with Crippen molar-refractivity contribution >= 4 is 0 Å². The summed E-state index contributed by atoms with van der Waals surface area (Å²) in [5, 5.41) is 7.57. The van der Waals surface area contributed by atoms with Gasteiger partial charge in [-0.3, -0.25) is 0 Å². The van der Waals surface area contributed by atoms with Crippen molar-refractivity contribution in [2.24, 2.45) is 5.92 Å². The molecule has 0 amide bonds. The Labute approximate surface area is 120 Å². The smallest absolute Gasteiger partial charge is 0.240 e. The lowest BCUT2D eigenvalue weighted by atomic mass is 9.93. The van der Waals surface area contributed by atoms with Crippen molar-refractivity contribution in [3.8, 4) is 0 Å². The van der Waals surface area contributed by atoms with Gasteiger partial charge in [0.2, 0.25) is 11.7 Å². The fourth-order valence-electron chi connectivity index (χ4n) is 3.04. The van der Waals surface area contributed by atoms with Crippen molar-refractivity contribution in [3.05, 3.63) is 11.7 Å². The van der Waals surface area contributed by atoms with E-state index in [-0.39, 0.29) is 5.60 Å². The van der Waals surface area contributed by atoms with Crippen LogP contribution in [0.1, 0.15) is 63.1 Å². The first-order chi connectivity index (χ1) is 9.82. The second-order valence-electron chi connectivity index (χ2n) is 6.20. The number of hydrogen-bond donors (Lipinski definition) is 1. The van der Waals surface area contributed by atoms with Gasteiger partial charge in [-0.15, -0.1) is 0 Å². The van der Waals surface area contributed by atoms with Crippen molar-refractivity contribution in [2.75, 3.05) is 13.7 Å². The zero-order chi connectivity index (χ0) is 13.8. The Morgan fingerprint density at radius 2 is 2.00 bits per heavy atom. The summed E-state index contributed by atoms with van der Waals surface area (Å²) in [5.74, 6) is 2.29. The molecule has 1 aromatic rings. The highest BCUT2D eigenvalue weighted by molar-refractivity contribution is 5.02. The maximum Gasteiger partial charge on any atom is 0.240 e. The molecule has 0 aliphatic heterocycles. The predicted molar refractivity (Wildman–Crippen MR) is 75.1 cm³/mol. The van der Waals surface area contributed by atoms with Gasteiger partial charge in [0.1, 0.15) is 5.60 Å². The van der Waals surface area contributed by atoms with E-state index in [9.17, 15) is 0 Å². The second kappa shape index (κ2) is 6.22. The van der Waals surface area contributed by atoms with Crippen LogP contribution in [0.15, 0.2) is 4.52 Å². The quantitative estimate of drug-likeness (QED) is 0.811. The highest BCUT2D eigenvalue weighted by Crippen LogP contribution is 2.37. The van der Waals surface area contributed by atoms with Gasteiger partial charge in [-0.25, -0.2) is 0 Å². The van der Waals surface area contributed by atoms with E-state index in [1.165, 1.54) is 38.5 Å². The molecule has 1 N–H and O–H groups in total. The van der Waals surface area contributed by atoms with E-state index in [1.54, 1.807) is 7.11 Å². The van der Waals surface area contributed by atoms with Gasteiger partial charge in [0.05, 0.1) is 6.54 Å². The van der Waals surface area contributed by atoms with Crippen molar-refractivity contribution in [1.82, 2.24) is 15.5 Å². The molecule has 0 spiro atoms. The number of ether oxygens (including phenoxy) is 1. The average Bonchev–Trinajstić information content (AvgIpc) is 3.22. The SMILES string of the molecule is COC1(c2noc(CNCC3CC3)n2)CCCCCC1. The molecule has 3 rings (SSSR count). The maximum absolute atomic E-state index is 5.81. The van der Waals surface area contributed by atoms with Crippen molar-refractivity contribution in [2.45, 2.75) is 63.5 Å². The summed E-state index contributed by atoms with van der Waals surface area (Å²) in [6.07, 6.45) is 9.62. The molecular formula is C15H25N3O2. The fraction of sp³-hybridized carbons (Fsp3) is 0.867. The third kappa shape index (κ3) is 3.20. The first-order valence-electron chi connectivity index (χ1n) is 7.91. The van der Waals surface area contributed by atoms with Crippen molar-refractivity contribution in [3.63, 3.8) is 0 Å². The fourth-order valence-corrected chi connectivity index (χ4v) is 3.04. The summed E-state index contributed by atoms with van der Waals surface area (Å²) in [7, 11) is 1.77. The molecule has 5 heteroatoms. The molecular weight excluding hydrogens is 254 g/mol. The number of nitrogens with zero attached hydrogens (tertiary/aromatic N) is 2. The zero-order valence-corrected chi connectivity index (χ0v) is 12.4. The van der Waals surface area contributed by atoms with Gasteiger partial charge in [-0.05, 0) is 38.1 Å². The van der Waals surface area contributed by atoms with E-state index in [0.29, 0.717) is 12.4 Å². The third-order valence-electron chi connectivity index (χ3n) is 4.58. The van der Waals surface area contributed by atoms with E-state index < -0.39 is 0 Å². The molecule has 1 aromatic heterocycles. The minimum Gasteiger partial charge on any atom is -0.370 e. The van der Waals surface area contributed by atoms with E-state index in [0.717, 1.165) is 31.1 Å². The molecule has 5 nitrogen and oxygen atoms in total. The Morgan fingerprint density at radius 3 is 2.65 bits per heavy atom. The van der Waals surface area contributed by atoms with Crippen LogP contribution in [0.4, 0.5) is 0 Å². The second-order valence-corrected chi connectivity index (χ2v) is 6.20. The van der Waals surface area contributed by atoms with Crippen LogP contribution in [-0.2, 0) is 16.9 Å². The molecule has 0 aromatic carbocycles. The van der Waals surface area contributed by atoms with Crippen LogP contribution in [0.5, 0.6) is 0 Å². The van der Waals surface area contributed by atoms with Crippen molar-refractivity contribution in [1.29, 1.82) is 0 Å². The molecule has 2 saturated carbocycles. The van der Waals surface area contributed by atoms with Gasteiger partial charge in [-0.2, -0.15) is 4.98 Å². The minimum absolute atomic E-state index is 0.325. The van der Waals surface area contributed by atoms with Gasteiger partial charge in [0, 0.05) is 7.11 Å². The summed E-state index contributed by atoms with van der Waals surface area (Å²) < 4.78 is 11.2. The highest BCUT2D eigenvalue weighted by atomic mass is 16.5. The molecule has 2 aliphatic rings. The predicted octanol–water partition coefficient (Wildman–Crippen LogP) is 2.77. The molecule has 20 heavy (non-hydrogen) atoms. The van der Waals surface area contributed by atoms with Crippen LogP contribution in [0.3, 0.4) is 0 Å². The minimum atomic E-state index is -0.325. The van der Waals surface area contributed by atoms with Crippen LogP contribution in [0, 0.1) is 5.92 Å². The van der Waals surface area contributed by atoms with E-state index in [1.807, 2.05) is 0 Å². The Hall–Kier alpha value is -0.940. The lowest BCUT2D eigenvalue weighted by molar-refractivity contribution is -0.0365. The maximum atomic E-state index is 5.81. The monoisotopic (exact) mass is 279 g/mol. The molecule has 0 unspecified atom stereocenters. The number of hydrogen-bond acceptors (Lipinski definition) is 5. The number of aromatic nitrogens is 2. The van der Waals surface area contributed by atoms with Crippen molar-refractivity contribution < 1.29 is 9.26 Å². The first-order valence-corrected chi connectivity index (χ1v) is 7.91. The molecule has 2 aliphatic carbocycles. The van der Waals surface area contributed by atoms with Crippen LogP contribution >= 0.6 is 0 Å². The van der Waals surface area contributed by atoms with E-state index in [4.69, 9.17) is 9.26 Å². The summed E-state index contributed by atoms with van der Waals surface area (Å²) in [4.78, 5) is 4.57. The third-order valence-corrected chi connectivity index (χ3v) is 4.58. The molecule has 1 heterocycles. The van der Waals surface area contributed by atoms with E-state index >= 15 is 0 Å². The highest BCUT2D eigenvalue weighted by Gasteiger charge is 2.37. The summed E-state index contributed by atoms with van der Waals surface area (Å²) in [6, 6.07) is 0. The van der Waals surface area contributed by atoms with Crippen LogP contribution < -0.4 is 5.32 Å².